The van der Waals surface area contributed by atoms with Gasteiger partial charge in [-0.2, -0.15) is 0 Å². The van der Waals surface area contributed by atoms with Gasteiger partial charge >= 0.3 is 5.97 Å². The number of hydrogen-bond donors (Lipinski definition) is 1. The zero-order chi connectivity index (χ0) is 13.0. The molecule has 0 spiro atoms. The van der Waals surface area contributed by atoms with Crippen LogP contribution in [0.25, 0.3) is 0 Å². The topological polar surface area (TPSA) is 98.9 Å². The quantitative estimate of drug-likeness (QED) is 0.487. The fourth-order valence-corrected chi connectivity index (χ4v) is 1.24. The molecule has 0 amide bonds. The summed E-state index contributed by atoms with van der Waals surface area (Å²) in [6.45, 7) is 1.68. The van der Waals surface area contributed by atoms with Crippen molar-refractivity contribution in [2.75, 3.05) is 13.7 Å². The summed E-state index contributed by atoms with van der Waals surface area (Å²) >= 11 is 0. The van der Waals surface area contributed by atoms with Crippen LogP contribution in [-0.2, 0) is 4.74 Å². The van der Waals surface area contributed by atoms with Crippen LogP contribution in [-0.4, -0.2) is 29.7 Å². The van der Waals surface area contributed by atoms with Crippen molar-refractivity contribution in [3.8, 4) is 11.5 Å². The number of carbonyl (C=O) groups excluding carboxylic acids is 1. The third kappa shape index (κ3) is 2.63. The number of hydrogen-bond acceptors (Lipinski definition) is 6. The highest BCUT2D eigenvalue weighted by molar-refractivity contribution is 5.95. The van der Waals surface area contributed by atoms with Crippen molar-refractivity contribution in [2.24, 2.45) is 0 Å². The average Bonchev–Trinajstić information content (AvgIpc) is 2.28. The maximum atomic E-state index is 11.5. The first-order chi connectivity index (χ1) is 8.01. The fraction of sp³-hybridized carbons (Fsp3) is 0.300. The average molecular weight is 241 g/mol. The van der Waals surface area contributed by atoms with Gasteiger partial charge in [-0.1, -0.05) is 0 Å². The van der Waals surface area contributed by atoms with Gasteiger partial charge in [0.05, 0.1) is 24.7 Å². The smallest absolute Gasteiger partial charge is 0.345 e. The first kappa shape index (κ1) is 12.8. The van der Waals surface area contributed by atoms with Gasteiger partial charge in [-0.05, 0) is 6.92 Å². The zero-order valence-corrected chi connectivity index (χ0v) is 9.30. The summed E-state index contributed by atoms with van der Waals surface area (Å²) in [4.78, 5) is 21.4. The second kappa shape index (κ2) is 5.15. The van der Waals surface area contributed by atoms with Crippen molar-refractivity contribution in [1.29, 1.82) is 0 Å². The molecular formula is C10H11NO6. The van der Waals surface area contributed by atoms with Gasteiger partial charge in [-0.3, -0.25) is 10.1 Å². The summed E-state index contributed by atoms with van der Waals surface area (Å²) in [5.74, 6) is -1.27. The van der Waals surface area contributed by atoms with Crippen LogP contribution in [0.15, 0.2) is 12.1 Å². The molecule has 0 saturated carbocycles. The molecule has 0 heterocycles. The van der Waals surface area contributed by atoms with E-state index in [4.69, 9.17) is 4.74 Å². The number of methoxy groups -OCH3 is 1. The molecule has 0 bridgehead atoms. The van der Waals surface area contributed by atoms with Crippen LogP contribution in [0.5, 0.6) is 11.5 Å². The number of nitro groups is 1. The predicted octanol–water partition coefficient (Wildman–Crippen LogP) is 1.49. The Morgan fingerprint density at radius 1 is 1.53 bits per heavy atom. The molecule has 1 aromatic carbocycles. The zero-order valence-electron chi connectivity index (χ0n) is 9.30. The maximum absolute atomic E-state index is 11.5. The van der Waals surface area contributed by atoms with Gasteiger partial charge in [0, 0.05) is 6.07 Å². The molecule has 0 fully saturated rings. The Kier molecular flexibility index (Phi) is 3.86. The highest BCUT2D eigenvalue weighted by Gasteiger charge is 2.24. The van der Waals surface area contributed by atoms with Crippen LogP contribution in [0.1, 0.15) is 17.3 Å². The Hall–Kier alpha value is -2.31. The van der Waals surface area contributed by atoms with Crippen molar-refractivity contribution in [2.45, 2.75) is 6.92 Å². The molecule has 0 aliphatic heterocycles. The molecule has 7 heteroatoms. The standard InChI is InChI=1S/C10H11NO6/c1-3-17-10(13)6-4-9(16-2)8(12)5-7(6)11(14)15/h4-5,12H,3H2,1-2H3. The van der Waals surface area contributed by atoms with E-state index in [1.807, 2.05) is 0 Å². The second-order valence-electron chi connectivity index (χ2n) is 3.02. The number of rotatable bonds is 4. The van der Waals surface area contributed by atoms with Crippen LogP contribution in [0.4, 0.5) is 5.69 Å². The van der Waals surface area contributed by atoms with Crippen molar-refractivity contribution < 1.29 is 24.3 Å². The molecule has 17 heavy (non-hydrogen) atoms. The minimum Gasteiger partial charge on any atom is -0.504 e. The van der Waals surface area contributed by atoms with E-state index in [9.17, 15) is 20.0 Å². The SMILES string of the molecule is CCOC(=O)c1cc(OC)c(O)cc1[N+](=O)[O-]. The normalized spacial score (nSPS) is 9.76. The number of carbonyl (C=O) groups is 1. The van der Waals surface area contributed by atoms with Gasteiger partial charge in [0.1, 0.15) is 5.56 Å². The molecule has 0 unspecified atom stereocenters. The first-order valence-electron chi connectivity index (χ1n) is 4.73. The van der Waals surface area contributed by atoms with Crippen LogP contribution in [0.3, 0.4) is 0 Å². The van der Waals surface area contributed by atoms with Crippen molar-refractivity contribution >= 4 is 11.7 Å². The Morgan fingerprint density at radius 3 is 2.65 bits per heavy atom. The molecule has 0 aromatic heterocycles. The molecule has 0 aliphatic carbocycles. The van der Waals surface area contributed by atoms with E-state index < -0.39 is 22.3 Å². The van der Waals surface area contributed by atoms with Gasteiger partial charge in [-0.25, -0.2) is 4.79 Å². The summed E-state index contributed by atoms with van der Waals surface area (Å²) in [5.41, 5.74) is -0.784. The molecule has 1 aromatic rings. The fourth-order valence-electron chi connectivity index (χ4n) is 1.24. The van der Waals surface area contributed by atoms with E-state index in [1.54, 1.807) is 6.92 Å². The number of phenolic OH excluding ortho intramolecular Hbond substituents is 1. The number of esters is 1. The molecule has 1 N–H and O–H groups in total. The lowest BCUT2D eigenvalue weighted by atomic mass is 10.1. The number of phenols is 1. The van der Waals surface area contributed by atoms with E-state index in [0.29, 0.717) is 0 Å². The number of benzene rings is 1. The van der Waals surface area contributed by atoms with Crippen LogP contribution in [0.2, 0.25) is 0 Å². The lowest BCUT2D eigenvalue weighted by molar-refractivity contribution is -0.385. The first-order valence-corrected chi connectivity index (χ1v) is 4.73. The minimum atomic E-state index is -0.836. The number of ether oxygens (including phenoxy) is 2. The monoisotopic (exact) mass is 241 g/mol. The number of nitro benzene ring substituents is 1. The van der Waals surface area contributed by atoms with Gasteiger partial charge in [0.2, 0.25) is 0 Å². The van der Waals surface area contributed by atoms with Crippen LogP contribution >= 0.6 is 0 Å². The molecule has 7 nitrogen and oxygen atoms in total. The predicted molar refractivity (Wildman–Crippen MR) is 57.3 cm³/mol. The summed E-state index contributed by atoms with van der Waals surface area (Å²) in [6, 6.07) is 1.93. The Bertz CT molecular complexity index is 456. The molecule has 1 rings (SSSR count). The highest BCUT2D eigenvalue weighted by atomic mass is 16.6. The third-order valence-electron chi connectivity index (χ3n) is 1.99. The summed E-state index contributed by atoms with van der Waals surface area (Å²) in [5, 5.41) is 20.1. The van der Waals surface area contributed by atoms with Gasteiger partial charge in [0.25, 0.3) is 5.69 Å². The number of nitrogens with zero attached hydrogens (tertiary/aromatic N) is 1. The lowest BCUT2D eigenvalue weighted by Gasteiger charge is -2.07. The molecule has 0 atom stereocenters. The molecule has 0 aliphatic rings. The van der Waals surface area contributed by atoms with Crippen LogP contribution < -0.4 is 4.74 Å². The molecule has 0 radical (unpaired) electrons. The molecule has 0 saturated heterocycles. The largest absolute Gasteiger partial charge is 0.504 e. The van der Waals surface area contributed by atoms with Crippen molar-refractivity contribution in [3.63, 3.8) is 0 Å². The Labute approximate surface area is 96.7 Å². The summed E-state index contributed by atoms with van der Waals surface area (Å²) < 4.78 is 9.45. The molecular weight excluding hydrogens is 230 g/mol. The second-order valence-corrected chi connectivity index (χ2v) is 3.02. The van der Waals surface area contributed by atoms with Gasteiger partial charge in [0.15, 0.2) is 11.5 Å². The third-order valence-corrected chi connectivity index (χ3v) is 1.99. The summed E-state index contributed by atoms with van der Waals surface area (Å²) in [6.07, 6.45) is 0. The lowest BCUT2D eigenvalue weighted by Crippen LogP contribution is -2.08. The van der Waals surface area contributed by atoms with Crippen molar-refractivity contribution in [3.05, 3.63) is 27.8 Å². The van der Waals surface area contributed by atoms with Crippen molar-refractivity contribution in [1.82, 2.24) is 0 Å². The Balaban J connectivity index is 3.33. The van der Waals surface area contributed by atoms with E-state index >= 15 is 0 Å². The van der Waals surface area contributed by atoms with E-state index in [1.165, 1.54) is 7.11 Å². The minimum absolute atomic E-state index is 0.0290. The highest BCUT2D eigenvalue weighted by Crippen LogP contribution is 2.33. The van der Waals surface area contributed by atoms with E-state index in [2.05, 4.69) is 4.74 Å². The van der Waals surface area contributed by atoms with Crippen LogP contribution in [0, 0.1) is 10.1 Å². The summed E-state index contributed by atoms with van der Waals surface area (Å²) in [7, 11) is 1.27. The number of aromatic hydroxyl groups is 1. The maximum Gasteiger partial charge on any atom is 0.345 e. The van der Waals surface area contributed by atoms with E-state index in [0.717, 1.165) is 12.1 Å². The van der Waals surface area contributed by atoms with E-state index in [-0.39, 0.29) is 17.9 Å². The Morgan fingerprint density at radius 2 is 2.18 bits per heavy atom. The molecule has 92 valence electrons. The van der Waals surface area contributed by atoms with Gasteiger partial charge in [-0.15, -0.1) is 0 Å². The van der Waals surface area contributed by atoms with Gasteiger partial charge < -0.3 is 14.6 Å².